The molecule has 2 aliphatic heterocycles. The second-order valence-corrected chi connectivity index (χ2v) is 6.43. The second-order valence-electron chi connectivity index (χ2n) is 6.43. The van der Waals surface area contributed by atoms with E-state index in [0.29, 0.717) is 32.0 Å². The quantitative estimate of drug-likeness (QED) is 0.814. The molecular weight excluding hydrogens is 284 g/mol. The third kappa shape index (κ3) is 4.12. The molecule has 126 valence electrons. The number of carboxylic acid groups (broad SMARTS) is 1. The second kappa shape index (κ2) is 7.81. The van der Waals surface area contributed by atoms with Gasteiger partial charge >= 0.3 is 12.0 Å². The summed E-state index contributed by atoms with van der Waals surface area (Å²) < 4.78 is 5.87. The van der Waals surface area contributed by atoms with Crippen LogP contribution in [0.15, 0.2) is 0 Å². The fourth-order valence-corrected chi connectivity index (χ4v) is 3.51. The van der Waals surface area contributed by atoms with Gasteiger partial charge in [-0.15, -0.1) is 0 Å². The molecule has 0 radical (unpaired) electrons. The summed E-state index contributed by atoms with van der Waals surface area (Å²) in [6.45, 7) is 5.89. The van der Waals surface area contributed by atoms with Crippen LogP contribution in [0, 0.1) is 11.8 Å². The van der Waals surface area contributed by atoms with Crippen LogP contribution in [0.4, 0.5) is 4.79 Å². The first-order valence-corrected chi connectivity index (χ1v) is 8.44. The van der Waals surface area contributed by atoms with Gasteiger partial charge in [0, 0.05) is 25.7 Å². The van der Waals surface area contributed by atoms with Crippen molar-refractivity contribution in [2.45, 2.75) is 58.1 Å². The topological polar surface area (TPSA) is 78.9 Å². The number of carbonyl (C=O) groups is 2. The van der Waals surface area contributed by atoms with Crippen molar-refractivity contribution in [1.82, 2.24) is 10.2 Å². The van der Waals surface area contributed by atoms with Gasteiger partial charge in [-0.05, 0) is 25.2 Å². The lowest BCUT2D eigenvalue weighted by Crippen LogP contribution is -2.48. The molecule has 2 heterocycles. The number of likely N-dealkylation sites (tertiary alicyclic amines) is 1. The maximum Gasteiger partial charge on any atom is 0.317 e. The van der Waals surface area contributed by atoms with Crippen LogP contribution in [0.1, 0.15) is 46.0 Å². The maximum atomic E-state index is 12.3. The van der Waals surface area contributed by atoms with Gasteiger partial charge in [-0.2, -0.15) is 0 Å². The van der Waals surface area contributed by atoms with E-state index in [2.05, 4.69) is 19.2 Å². The number of nitrogens with zero attached hydrogens (tertiary/aromatic N) is 1. The van der Waals surface area contributed by atoms with Gasteiger partial charge < -0.3 is 20.1 Å². The zero-order chi connectivity index (χ0) is 16.1. The van der Waals surface area contributed by atoms with E-state index >= 15 is 0 Å². The van der Waals surface area contributed by atoms with Crippen molar-refractivity contribution in [1.29, 1.82) is 0 Å². The van der Waals surface area contributed by atoms with Crippen LogP contribution in [0.3, 0.4) is 0 Å². The Kier molecular flexibility index (Phi) is 6.06. The zero-order valence-electron chi connectivity index (χ0n) is 13.6. The molecule has 0 aliphatic carbocycles. The largest absolute Gasteiger partial charge is 0.481 e. The van der Waals surface area contributed by atoms with Gasteiger partial charge in [-0.1, -0.05) is 26.7 Å². The minimum atomic E-state index is -0.810. The summed E-state index contributed by atoms with van der Waals surface area (Å²) >= 11 is 0. The average molecular weight is 312 g/mol. The normalized spacial score (nSPS) is 28.9. The Hall–Kier alpha value is -1.30. The van der Waals surface area contributed by atoms with Gasteiger partial charge in [0.2, 0.25) is 0 Å². The predicted molar refractivity (Wildman–Crippen MR) is 82.7 cm³/mol. The molecular formula is C16H28N2O4. The lowest BCUT2D eigenvalue weighted by Gasteiger charge is -2.35. The van der Waals surface area contributed by atoms with Crippen LogP contribution in [0.2, 0.25) is 0 Å². The van der Waals surface area contributed by atoms with E-state index in [1.807, 2.05) is 0 Å². The van der Waals surface area contributed by atoms with Gasteiger partial charge in [0.15, 0.2) is 0 Å². The molecule has 3 unspecified atom stereocenters. The molecule has 2 rings (SSSR count). The molecule has 3 atom stereocenters. The smallest absolute Gasteiger partial charge is 0.317 e. The van der Waals surface area contributed by atoms with E-state index in [0.717, 1.165) is 25.7 Å². The van der Waals surface area contributed by atoms with Crippen molar-refractivity contribution in [2.75, 3.05) is 19.7 Å². The highest BCUT2D eigenvalue weighted by Gasteiger charge is 2.33. The SMILES string of the molecule is CCC(CC)C1CC(NC(=O)N2CCC(C(=O)O)C2)CCO1. The Bertz CT molecular complexity index is 398. The van der Waals surface area contributed by atoms with Crippen molar-refractivity contribution in [2.24, 2.45) is 11.8 Å². The van der Waals surface area contributed by atoms with E-state index in [1.165, 1.54) is 0 Å². The summed E-state index contributed by atoms with van der Waals surface area (Å²) in [6, 6.07) is 0.00896. The van der Waals surface area contributed by atoms with Gasteiger partial charge in [-0.3, -0.25) is 4.79 Å². The number of nitrogens with one attached hydrogen (secondary N) is 1. The highest BCUT2D eigenvalue weighted by Crippen LogP contribution is 2.25. The Labute approximate surface area is 132 Å². The van der Waals surface area contributed by atoms with Crippen LogP contribution in [0.5, 0.6) is 0 Å². The average Bonchev–Trinajstić information content (AvgIpc) is 2.99. The van der Waals surface area contributed by atoms with Crippen molar-refractivity contribution in [3.05, 3.63) is 0 Å². The fourth-order valence-electron chi connectivity index (χ4n) is 3.51. The van der Waals surface area contributed by atoms with Crippen molar-refractivity contribution in [3.8, 4) is 0 Å². The van der Waals surface area contributed by atoms with Gasteiger partial charge in [0.1, 0.15) is 0 Å². The fraction of sp³-hybridized carbons (Fsp3) is 0.875. The Morgan fingerprint density at radius 3 is 2.64 bits per heavy atom. The Morgan fingerprint density at radius 1 is 1.32 bits per heavy atom. The summed E-state index contributed by atoms with van der Waals surface area (Å²) in [5.74, 6) is -0.684. The molecule has 0 saturated carbocycles. The molecule has 0 aromatic carbocycles. The zero-order valence-corrected chi connectivity index (χ0v) is 13.6. The van der Waals surface area contributed by atoms with E-state index in [9.17, 15) is 9.59 Å². The van der Waals surface area contributed by atoms with E-state index in [-0.39, 0.29) is 18.2 Å². The molecule has 0 bridgehead atoms. The molecule has 6 heteroatoms. The lowest BCUT2D eigenvalue weighted by atomic mass is 9.89. The predicted octanol–water partition coefficient (Wildman–Crippen LogP) is 2.09. The monoisotopic (exact) mass is 312 g/mol. The summed E-state index contributed by atoms with van der Waals surface area (Å²) in [5, 5.41) is 12.1. The summed E-state index contributed by atoms with van der Waals surface area (Å²) in [5.41, 5.74) is 0. The van der Waals surface area contributed by atoms with Crippen molar-refractivity contribution in [3.63, 3.8) is 0 Å². The summed E-state index contributed by atoms with van der Waals surface area (Å²) in [6.07, 6.45) is 4.64. The van der Waals surface area contributed by atoms with Gasteiger partial charge in [-0.25, -0.2) is 4.79 Å². The first-order chi connectivity index (χ1) is 10.5. The molecule has 2 fully saturated rings. The standard InChI is InChI=1S/C16H28N2O4/c1-3-11(4-2)14-9-13(6-8-22-14)17-16(21)18-7-5-12(10-18)15(19)20/h11-14H,3-10H2,1-2H3,(H,17,21)(H,19,20). The third-order valence-corrected chi connectivity index (χ3v) is 5.04. The first-order valence-electron chi connectivity index (χ1n) is 8.44. The molecule has 2 N–H and O–H groups in total. The number of rotatable bonds is 5. The minimum absolute atomic E-state index is 0.126. The molecule has 2 aliphatic rings. The molecule has 0 spiro atoms. The number of hydrogen-bond acceptors (Lipinski definition) is 3. The van der Waals surface area contributed by atoms with Crippen LogP contribution in [-0.4, -0.2) is 53.8 Å². The Balaban J connectivity index is 1.82. The lowest BCUT2D eigenvalue weighted by molar-refractivity contribution is -0.141. The molecule has 2 amide bonds. The Morgan fingerprint density at radius 2 is 2.05 bits per heavy atom. The first kappa shape index (κ1) is 17.1. The van der Waals surface area contributed by atoms with Gasteiger partial charge in [0.05, 0.1) is 12.0 Å². The molecule has 6 nitrogen and oxygen atoms in total. The van der Waals surface area contributed by atoms with E-state index in [1.54, 1.807) is 4.90 Å². The minimum Gasteiger partial charge on any atom is -0.481 e. The third-order valence-electron chi connectivity index (χ3n) is 5.04. The molecule has 2 saturated heterocycles. The highest BCUT2D eigenvalue weighted by molar-refractivity contribution is 5.77. The summed E-state index contributed by atoms with van der Waals surface area (Å²) in [4.78, 5) is 24.9. The van der Waals surface area contributed by atoms with E-state index in [4.69, 9.17) is 9.84 Å². The number of amides is 2. The molecule has 0 aromatic heterocycles. The molecule has 22 heavy (non-hydrogen) atoms. The van der Waals surface area contributed by atoms with Crippen molar-refractivity contribution < 1.29 is 19.4 Å². The number of hydrogen-bond donors (Lipinski definition) is 2. The van der Waals surface area contributed by atoms with Crippen LogP contribution >= 0.6 is 0 Å². The maximum absolute atomic E-state index is 12.3. The van der Waals surface area contributed by atoms with Crippen LogP contribution in [-0.2, 0) is 9.53 Å². The van der Waals surface area contributed by atoms with Crippen molar-refractivity contribution >= 4 is 12.0 Å². The number of aliphatic carboxylic acids is 1. The number of carboxylic acids is 1. The number of carbonyl (C=O) groups excluding carboxylic acids is 1. The molecule has 0 aromatic rings. The van der Waals surface area contributed by atoms with E-state index < -0.39 is 11.9 Å². The number of urea groups is 1. The summed E-state index contributed by atoms with van der Waals surface area (Å²) in [7, 11) is 0. The van der Waals surface area contributed by atoms with Crippen LogP contribution in [0.25, 0.3) is 0 Å². The highest BCUT2D eigenvalue weighted by atomic mass is 16.5. The van der Waals surface area contributed by atoms with Crippen LogP contribution < -0.4 is 5.32 Å². The van der Waals surface area contributed by atoms with Gasteiger partial charge in [0.25, 0.3) is 0 Å². The number of ether oxygens (including phenoxy) is 1.